The van der Waals surface area contributed by atoms with Crippen LogP contribution in [0.4, 0.5) is 11.4 Å². The van der Waals surface area contributed by atoms with Crippen molar-refractivity contribution in [3.8, 4) is 23.8 Å². The zero-order chi connectivity index (χ0) is 25.4. The smallest absolute Gasteiger partial charge is 0.264 e. The van der Waals surface area contributed by atoms with E-state index in [9.17, 15) is 13.2 Å². The Morgan fingerprint density at radius 3 is 2.14 bits per heavy atom. The quantitative estimate of drug-likeness (QED) is 0.395. The summed E-state index contributed by atoms with van der Waals surface area (Å²) in [6.07, 6.45) is 5.57. The highest BCUT2D eigenvalue weighted by atomic mass is 32.2. The van der Waals surface area contributed by atoms with Crippen LogP contribution in [0.15, 0.2) is 77.7 Å². The molecule has 0 atom stereocenters. The Kier molecular flexibility index (Phi) is 8.39. The Balaban J connectivity index is 2.09. The number of terminal acetylenes is 1. The number of carbonyl (C=O) groups is 1. The first-order chi connectivity index (χ1) is 16.8. The van der Waals surface area contributed by atoms with Gasteiger partial charge in [0, 0.05) is 0 Å². The minimum absolute atomic E-state index is 0.0556. The predicted molar refractivity (Wildman–Crippen MR) is 138 cm³/mol. The van der Waals surface area contributed by atoms with Crippen LogP contribution in [-0.2, 0) is 14.8 Å². The molecule has 3 aromatic carbocycles. The number of para-hydroxylation sites is 4. The van der Waals surface area contributed by atoms with Crippen molar-refractivity contribution in [2.75, 3.05) is 36.0 Å². The monoisotopic (exact) mass is 492 g/mol. The molecule has 8 heteroatoms. The third kappa shape index (κ3) is 5.76. The van der Waals surface area contributed by atoms with E-state index in [1.807, 2.05) is 13.8 Å². The number of methoxy groups -OCH3 is 1. The standard InChI is InChI=1S/C27H28N2O5S/c1-5-19-28(23-11-7-10-14-26(23)34-6-2)27(30)20-29(24-12-8-9-13-25(24)33-4)35(31,32)22-17-15-21(3)16-18-22/h1,7-18H,6,19-20H2,2-4H3. The van der Waals surface area contributed by atoms with E-state index >= 15 is 0 Å². The Morgan fingerprint density at radius 1 is 0.943 bits per heavy atom. The normalized spacial score (nSPS) is 10.8. The van der Waals surface area contributed by atoms with Crippen LogP contribution in [0.5, 0.6) is 11.5 Å². The number of hydrogen-bond donors (Lipinski definition) is 0. The number of rotatable bonds is 10. The summed E-state index contributed by atoms with van der Waals surface area (Å²) in [5, 5.41) is 0. The molecule has 0 spiro atoms. The number of aryl methyl sites for hydroxylation is 1. The third-order valence-corrected chi connectivity index (χ3v) is 7.02. The van der Waals surface area contributed by atoms with Gasteiger partial charge in [0.15, 0.2) is 0 Å². The molecule has 0 saturated heterocycles. The highest BCUT2D eigenvalue weighted by molar-refractivity contribution is 7.92. The largest absolute Gasteiger partial charge is 0.495 e. The van der Waals surface area contributed by atoms with E-state index in [2.05, 4.69) is 5.92 Å². The number of sulfonamides is 1. The van der Waals surface area contributed by atoms with Gasteiger partial charge in [-0.05, 0) is 50.2 Å². The fourth-order valence-electron chi connectivity index (χ4n) is 3.54. The van der Waals surface area contributed by atoms with Crippen molar-refractivity contribution in [1.29, 1.82) is 0 Å². The van der Waals surface area contributed by atoms with Crippen LogP contribution < -0.4 is 18.7 Å². The molecule has 0 saturated carbocycles. The second-order valence-corrected chi connectivity index (χ2v) is 9.44. The van der Waals surface area contributed by atoms with Crippen LogP contribution >= 0.6 is 0 Å². The zero-order valence-corrected chi connectivity index (χ0v) is 20.8. The van der Waals surface area contributed by atoms with Crippen molar-refractivity contribution in [3.05, 3.63) is 78.4 Å². The van der Waals surface area contributed by atoms with Crippen molar-refractivity contribution in [2.24, 2.45) is 0 Å². The molecule has 0 heterocycles. The maximum absolute atomic E-state index is 13.8. The topological polar surface area (TPSA) is 76.2 Å². The highest BCUT2D eigenvalue weighted by Crippen LogP contribution is 2.33. The van der Waals surface area contributed by atoms with Gasteiger partial charge in [-0.15, -0.1) is 6.42 Å². The Hall–Kier alpha value is -3.96. The number of anilines is 2. The number of ether oxygens (including phenoxy) is 2. The van der Waals surface area contributed by atoms with Gasteiger partial charge in [0.1, 0.15) is 18.0 Å². The van der Waals surface area contributed by atoms with Crippen LogP contribution in [0, 0.1) is 19.3 Å². The zero-order valence-electron chi connectivity index (χ0n) is 20.0. The molecule has 0 aliphatic heterocycles. The van der Waals surface area contributed by atoms with Gasteiger partial charge < -0.3 is 9.47 Å². The first kappa shape index (κ1) is 25.7. The third-order valence-electron chi connectivity index (χ3n) is 5.25. The summed E-state index contributed by atoms with van der Waals surface area (Å²) in [4.78, 5) is 15.0. The molecule has 1 amide bonds. The van der Waals surface area contributed by atoms with Crippen molar-refractivity contribution >= 4 is 27.3 Å². The average molecular weight is 493 g/mol. The molecule has 0 fully saturated rings. The summed E-state index contributed by atoms with van der Waals surface area (Å²) in [7, 11) is -2.68. The van der Waals surface area contributed by atoms with E-state index in [0.717, 1.165) is 9.87 Å². The van der Waals surface area contributed by atoms with E-state index in [1.54, 1.807) is 60.7 Å². The second kappa shape index (κ2) is 11.4. The Bertz CT molecular complexity index is 1310. The van der Waals surface area contributed by atoms with E-state index in [0.29, 0.717) is 23.8 Å². The number of carbonyl (C=O) groups excluding carboxylic acids is 1. The lowest BCUT2D eigenvalue weighted by atomic mass is 10.2. The van der Waals surface area contributed by atoms with Gasteiger partial charge in [-0.25, -0.2) is 8.42 Å². The molecule has 35 heavy (non-hydrogen) atoms. The SMILES string of the molecule is C#CCN(C(=O)CN(c1ccccc1OC)S(=O)(=O)c1ccc(C)cc1)c1ccccc1OCC. The van der Waals surface area contributed by atoms with E-state index in [4.69, 9.17) is 15.9 Å². The second-order valence-electron chi connectivity index (χ2n) is 7.58. The minimum Gasteiger partial charge on any atom is -0.495 e. The molecule has 0 unspecified atom stereocenters. The lowest BCUT2D eigenvalue weighted by Crippen LogP contribution is -2.43. The molecular formula is C27H28N2O5S. The minimum atomic E-state index is -4.13. The van der Waals surface area contributed by atoms with Crippen LogP contribution in [-0.4, -0.2) is 41.1 Å². The van der Waals surface area contributed by atoms with Crippen LogP contribution in [0.1, 0.15) is 12.5 Å². The Labute approximate surface area is 206 Å². The molecule has 7 nitrogen and oxygen atoms in total. The Morgan fingerprint density at radius 2 is 1.54 bits per heavy atom. The van der Waals surface area contributed by atoms with Crippen LogP contribution in [0.2, 0.25) is 0 Å². The van der Waals surface area contributed by atoms with Gasteiger partial charge in [-0.1, -0.05) is 47.9 Å². The van der Waals surface area contributed by atoms with Crippen LogP contribution in [0.25, 0.3) is 0 Å². The summed E-state index contributed by atoms with van der Waals surface area (Å²) in [6, 6.07) is 20.1. The van der Waals surface area contributed by atoms with Gasteiger partial charge in [-0.3, -0.25) is 14.0 Å². The van der Waals surface area contributed by atoms with E-state index in [-0.39, 0.29) is 17.1 Å². The molecule has 0 aliphatic rings. The lowest BCUT2D eigenvalue weighted by Gasteiger charge is -2.29. The van der Waals surface area contributed by atoms with E-state index in [1.165, 1.54) is 24.1 Å². The highest BCUT2D eigenvalue weighted by Gasteiger charge is 2.31. The molecular weight excluding hydrogens is 464 g/mol. The first-order valence-electron chi connectivity index (χ1n) is 11.0. The van der Waals surface area contributed by atoms with Crippen molar-refractivity contribution in [2.45, 2.75) is 18.7 Å². The average Bonchev–Trinajstić information content (AvgIpc) is 2.86. The molecule has 0 aliphatic carbocycles. The molecule has 3 rings (SSSR count). The molecule has 0 bridgehead atoms. The van der Waals surface area contributed by atoms with Gasteiger partial charge in [0.2, 0.25) is 5.91 Å². The lowest BCUT2D eigenvalue weighted by molar-refractivity contribution is -0.117. The van der Waals surface area contributed by atoms with Gasteiger partial charge in [-0.2, -0.15) is 0 Å². The summed E-state index contributed by atoms with van der Waals surface area (Å²) in [6.45, 7) is 3.53. The summed E-state index contributed by atoms with van der Waals surface area (Å²) in [5.74, 6) is 2.76. The number of benzene rings is 3. The molecule has 0 radical (unpaired) electrons. The van der Waals surface area contributed by atoms with Crippen LogP contribution in [0.3, 0.4) is 0 Å². The molecule has 182 valence electrons. The van der Waals surface area contributed by atoms with Crippen molar-refractivity contribution < 1.29 is 22.7 Å². The number of hydrogen-bond acceptors (Lipinski definition) is 5. The van der Waals surface area contributed by atoms with Gasteiger partial charge in [0.05, 0.1) is 36.5 Å². The number of amides is 1. The molecule has 0 aromatic heterocycles. The summed E-state index contributed by atoms with van der Waals surface area (Å²) >= 11 is 0. The number of nitrogens with zero attached hydrogens (tertiary/aromatic N) is 2. The van der Waals surface area contributed by atoms with Gasteiger partial charge in [0.25, 0.3) is 10.0 Å². The summed E-state index contributed by atoms with van der Waals surface area (Å²) in [5.41, 5.74) is 1.62. The fourth-order valence-corrected chi connectivity index (χ4v) is 4.96. The first-order valence-corrected chi connectivity index (χ1v) is 12.5. The maximum Gasteiger partial charge on any atom is 0.264 e. The molecule has 3 aromatic rings. The van der Waals surface area contributed by atoms with Crippen molar-refractivity contribution in [3.63, 3.8) is 0 Å². The van der Waals surface area contributed by atoms with Crippen molar-refractivity contribution in [1.82, 2.24) is 0 Å². The summed E-state index contributed by atoms with van der Waals surface area (Å²) < 4.78 is 39.7. The fraction of sp³-hybridized carbons (Fsp3) is 0.222. The molecule has 0 N–H and O–H groups in total. The van der Waals surface area contributed by atoms with Gasteiger partial charge >= 0.3 is 0 Å². The predicted octanol–water partition coefficient (Wildman–Crippen LogP) is 4.26. The van der Waals surface area contributed by atoms with E-state index < -0.39 is 22.5 Å². The maximum atomic E-state index is 13.8.